The molecule has 0 bridgehead atoms. The average molecular weight is 344 g/mol. The molecule has 3 rings (SSSR count). The van der Waals surface area contributed by atoms with Gasteiger partial charge in [-0.05, 0) is 38.0 Å². The number of aromatic nitrogens is 1. The van der Waals surface area contributed by atoms with Crippen LogP contribution in [0.2, 0.25) is 0 Å². The maximum Gasteiger partial charge on any atom is 0.254 e. The van der Waals surface area contributed by atoms with Crippen LogP contribution in [0.5, 0.6) is 11.5 Å². The number of likely N-dealkylation sites (tertiary alicyclic amines) is 1. The van der Waals surface area contributed by atoms with Crippen LogP contribution in [-0.4, -0.2) is 36.7 Å². The number of nitrogens with zero attached hydrogens (tertiary/aromatic N) is 2. The molecule has 134 valence electrons. The highest BCUT2D eigenvalue weighted by atomic mass is 16.5. The number of amides is 1. The first-order valence-corrected chi connectivity index (χ1v) is 8.58. The summed E-state index contributed by atoms with van der Waals surface area (Å²) in [5, 5.41) is 4.10. The van der Waals surface area contributed by atoms with Crippen LogP contribution in [0.3, 0.4) is 0 Å². The van der Waals surface area contributed by atoms with Gasteiger partial charge < -0.3 is 18.9 Å². The monoisotopic (exact) mass is 344 g/mol. The Balaban J connectivity index is 1.92. The highest BCUT2D eigenvalue weighted by Gasteiger charge is 2.34. The fourth-order valence-corrected chi connectivity index (χ4v) is 3.55. The largest absolute Gasteiger partial charge is 0.493 e. The minimum Gasteiger partial charge on any atom is -0.493 e. The molecule has 2 heterocycles. The van der Waals surface area contributed by atoms with Crippen LogP contribution in [-0.2, 0) is 6.42 Å². The van der Waals surface area contributed by atoms with Crippen LogP contribution in [0.15, 0.2) is 22.7 Å². The molecule has 1 saturated heterocycles. The minimum absolute atomic E-state index is 0.00824. The molecule has 1 aliphatic rings. The van der Waals surface area contributed by atoms with E-state index in [1.165, 1.54) is 0 Å². The van der Waals surface area contributed by atoms with Crippen molar-refractivity contribution in [2.24, 2.45) is 0 Å². The number of methoxy groups -OCH3 is 2. The first-order chi connectivity index (χ1) is 12.1. The zero-order valence-electron chi connectivity index (χ0n) is 15.2. The van der Waals surface area contributed by atoms with E-state index in [-0.39, 0.29) is 11.9 Å². The van der Waals surface area contributed by atoms with Gasteiger partial charge in [-0.3, -0.25) is 4.79 Å². The number of aryl methyl sites for hydroxylation is 2. The molecular weight excluding hydrogens is 320 g/mol. The Kier molecular flexibility index (Phi) is 4.97. The van der Waals surface area contributed by atoms with Crippen molar-refractivity contribution in [2.45, 2.75) is 39.2 Å². The average Bonchev–Trinajstić information content (AvgIpc) is 3.26. The highest BCUT2D eigenvalue weighted by Crippen LogP contribution is 2.37. The predicted molar refractivity (Wildman–Crippen MR) is 93.2 cm³/mol. The Hall–Kier alpha value is -2.50. The van der Waals surface area contributed by atoms with Crippen LogP contribution in [0, 0.1) is 6.92 Å². The molecule has 0 aliphatic carbocycles. The number of carbonyl (C=O) groups is 1. The molecule has 1 amide bonds. The molecule has 0 unspecified atom stereocenters. The maximum absolute atomic E-state index is 13.1. The van der Waals surface area contributed by atoms with Gasteiger partial charge in [-0.1, -0.05) is 12.1 Å². The van der Waals surface area contributed by atoms with Crippen LogP contribution < -0.4 is 9.47 Å². The molecule has 0 radical (unpaired) electrons. The molecule has 6 heteroatoms. The van der Waals surface area contributed by atoms with E-state index in [1.807, 2.05) is 18.7 Å². The van der Waals surface area contributed by atoms with E-state index < -0.39 is 0 Å². The van der Waals surface area contributed by atoms with Crippen LogP contribution >= 0.6 is 0 Å². The molecule has 2 aromatic rings. The lowest BCUT2D eigenvalue weighted by Gasteiger charge is -2.25. The van der Waals surface area contributed by atoms with Gasteiger partial charge in [0.2, 0.25) is 0 Å². The molecule has 6 nitrogen and oxygen atoms in total. The van der Waals surface area contributed by atoms with Crippen molar-refractivity contribution in [3.63, 3.8) is 0 Å². The summed E-state index contributed by atoms with van der Waals surface area (Å²) in [6.45, 7) is 4.71. The van der Waals surface area contributed by atoms with Crippen molar-refractivity contribution in [1.82, 2.24) is 10.1 Å². The van der Waals surface area contributed by atoms with Crippen LogP contribution in [0.4, 0.5) is 0 Å². The Morgan fingerprint density at radius 1 is 1.32 bits per heavy atom. The predicted octanol–water partition coefficient (Wildman–Crippen LogP) is 3.54. The third-order valence-corrected chi connectivity index (χ3v) is 4.78. The number of hydrogen-bond donors (Lipinski definition) is 0. The summed E-state index contributed by atoms with van der Waals surface area (Å²) in [4.78, 5) is 15.0. The highest BCUT2D eigenvalue weighted by molar-refractivity contribution is 5.95. The van der Waals surface area contributed by atoms with Gasteiger partial charge in [-0.15, -0.1) is 0 Å². The summed E-state index contributed by atoms with van der Waals surface area (Å²) in [6, 6.07) is 5.29. The van der Waals surface area contributed by atoms with Gasteiger partial charge in [0.25, 0.3) is 5.91 Å². The van der Waals surface area contributed by atoms with Crippen molar-refractivity contribution < 1.29 is 18.8 Å². The maximum atomic E-state index is 13.1. The Bertz CT molecular complexity index is 769. The first-order valence-electron chi connectivity index (χ1n) is 8.58. The Morgan fingerprint density at radius 2 is 2.08 bits per heavy atom. The lowest BCUT2D eigenvalue weighted by atomic mass is 10.0. The fraction of sp³-hybridized carbons (Fsp3) is 0.474. The summed E-state index contributed by atoms with van der Waals surface area (Å²) in [5.41, 5.74) is 2.53. The Labute approximate surface area is 147 Å². The molecule has 1 fully saturated rings. The zero-order valence-corrected chi connectivity index (χ0v) is 15.2. The fourth-order valence-electron chi connectivity index (χ4n) is 3.55. The molecule has 1 aliphatic heterocycles. The standard InChI is InChI=1S/C19H24N2O4/c1-5-15-18(12(2)20-25-15)14-7-6-10-21(14)19(22)13-8-9-16(23-3)17(11-13)24-4/h8-9,11,14H,5-7,10H2,1-4H3/t14-/m1/s1. The Morgan fingerprint density at radius 3 is 2.76 bits per heavy atom. The van der Waals surface area contributed by atoms with E-state index >= 15 is 0 Å². The summed E-state index contributed by atoms with van der Waals surface area (Å²) in [5.74, 6) is 2.03. The molecule has 0 N–H and O–H groups in total. The third kappa shape index (κ3) is 3.08. The normalized spacial score (nSPS) is 17.0. The number of rotatable bonds is 5. The minimum atomic E-state index is -0.00824. The van der Waals surface area contributed by atoms with Gasteiger partial charge in [0.1, 0.15) is 5.76 Å². The van der Waals surface area contributed by atoms with Crippen LogP contribution in [0.1, 0.15) is 53.2 Å². The summed E-state index contributed by atoms with van der Waals surface area (Å²) in [7, 11) is 3.15. The molecule has 1 aromatic heterocycles. The van der Waals surface area contributed by atoms with Gasteiger partial charge >= 0.3 is 0 Å². The first kappa shape index (κ1) is 17.3. The summed E-state index contributed by atoms with van der Waals surface area (Å²) in [6.07, 6.45) is 2.66. The quantitative estimate of drug-likeness (QED) is 0.830. The van der Waals surface area contributed by atoms with Gasteiger partial charge in [-0.25, -0.2) is 0 Å². The zero-order chi connectivity index (χ0) is 18.0. The lowest BCUT2D eigenvalue weighted by Crippen LogP contribution is -2.31. The number of carbonyl (C=O) groups excluding carboxylic acids is 1. The second-order valence-corrected chi connectivity index (χ2v) is 6.18. The molecule has 0 spiro atoms. The molecule has 1 aromatic carbocycles. The molecular formula is C19H24N2O4. The molecule has 1 atom stereocenters. The smallest absolute Gasteiger partial charge is 0.254 e. The van der Waals surface area contributed by atoms with Crippen LogP contribution in [0.25, 0.3) is 0 Å². The van der Waals surface area contributed by atoms with Crippen molar-refractivity contribution >= 4 is 5.91 Å². The SMILES string of the molecule is CCc1onc(C)c1[C@H]1CCCN1C(=O)c1ccc(OC)c(OC)c1. The van der Waals surface area contributed by atoms with E-state index in [4.69, 9.17) is 14.0 Å². The second-order valence-electron chi connectivity index (χ2n) is 6.18. The third-order valence-electron chi connectivity index (χ3n) is 4.78. The van der Waals surface area contributed by atoms with E-state index in [2.05, 4.69) is 5.16 Å². The van der Waals surface area contributed by atoms with E-state index in [0.29, 0.717) is 17.1 Å². The van der Waals surface area contributed by atoms with Gasteiger partial charge in [-0.2, -0.15) is 0 Å². The van der Waals surface area contributed by atoms with Crippen molar-refractivity contribution in [3.05, 3.63) is 40.8 Å². The van der Waals surface area contributed by atoms with Gasteiger partial charge in [0.05, 0.1) is 26.0 Å². The van der Waals surface area contributed by atoms with E-state index in [0.717, 1.165) is 42.8 Å². The number of benzene rings is 1. The second kappa shape index (κ2) is 7.17. The lowest BCUT2D eigenvalue weighted by molar-refractivity contribution is 0.0734. The number of hydrogen-bond acceptors (Lipinski definition) is 5. The summed E-state index contributed by atoms with van der Waals surface area (Å²) >= 11 is 0. The summed E-state index contributed by atoms with van der Waals surface area (Å²) < 4.78 is 16.0. The molecule has 25 heavy (non-hydrogen) atoms. The van der Waals surface area contributed by atoms with Crippen molar-refractivity contribution in [3.8, 4) is 11.5 Å². The van der Waals surface area contributed by atoms with Crippen molar-refractivity contribution in [2.75, 3.05) is 20.8 Å². The van der Waals surface area contributed by atoms with Gasteiger partial charge in [0.15, 0.2) is 11.5 Å². The van der Waals surface area contributed by atoms with E-state index in [1.54, 1.807) is 32.4 Å². The van der Waals surface area contributed by atoms with E-state index in [9.17, 15) is 4.79 Å². The van der Waals surface area contributed by atoms with Gasteiger partial charge in [0, 0.05) is 24.1 Å². The van der Waals surface area contributed by atoms with Crippen molar-refractivity contribution in [1.29, 1.82) is 0 Å². The number of ether oxygens (including phenoxy) is 2. The topological polar surface area (TPSA) is 64.8 Å². The molecule has 0 saturated carbocycles.